The van der Waals surface area contributed by atoms with Gasteiger partial charge in [0.1, 0.15) is 3.70 Å². The van der Waals surface area contributed by atoms with E-state index in [1.807, 2.05) is 24.3 Å². The molecule has 0 radical (unpaired) electrons. The van der Waals surface area contributed by atoms with E-state index in [1.54, 1.807) is 17.9 Å². The zero-order valence-corrected chi connectivity index (χ0v) is 16.6. The van der Waals surface area contributed by atoms with Gasteiger partial charge < -0.3 is 5.32 Å². The summed E-state index contributed by atoms with van der Waals surface area (Å²) >= 11 is 4.35. The number of benzene rings is 2. The number of para-hydroxylation sites is 1. The molecule has 0 aliphatic rings. The van der Waals surface area contributed by atoms with E-state index in [9.17, 15) is 4.79 Å². The molecule has 1 amide bonds. The van der Waals surface area contributed by atoms with Gasteiger partial charge in [-0.05, 0) is 68.9 Å². The first kappa shape index (κ1) is 16.4. The van der Waals surface area contributed by atoms with Crippen LogP contribution in [0.3, 0.4) is 0 Å². The highest BCUT2D eigenvalue weighted by Crippen LogP contribution is 2.28. The Kier molecular flexibility index (Phi) is 5.00. The monoisotopic (exact) mass is 529 g/mol. The minimum Gasteiger partial charge on any atom is -0.321 e. The lowest BCUT2D eigenvalue weighted by atomic mass is 10.0. The normalized spacial score (nSPS) is 10.6. The highest BCUT2D eigenvalue weighted by Gasteiger charge is 2.15. The summed E-state index contributed by atoms with van der Waals surface area (Å²) in [5, 5.41) is 7.20. The summed E-state index contributed by atoms with van der Waals surface area (Å²) in [5.41, 5.74) is 3.43. The van der Waals surface area contributed by atoms with Crippen molar-refractivity contribution in [2.75, 3.05) is 5.32 Å². The summed E-state index contributed by atoms with van der Waals surface area (Å²) in [6, 6.07) is 16.0. The van der Waals surface area contributed by atoms with E-state index in [2.05, 4.69) is 79.9 Å². The van der Waals surface area contributed by atoms with Crippen LogP contribution in [0.25, 0.3) is 11.1 Å². The van der Waals surface area contributed by atoms with Crippen LogP contribution in [0.4, 0.5) is 5.69 Å². The van der Waals surface area contributed by atoms with Crippen LogP contribution in [0.2, 0.25) is 0 Å². The van der Waals surface area contributed by atoms with Crippen LogP contribution in [0.1, 0.15) is 10.4 Å². The third kappa shape index (κ3) is 3.74. The maximum absolute atomic E-state index is 12.5. The lowest BCUT2D eigenvalue weighted by Crippen LogP contribution is -2.13. The van der Waals surface area contributed by atoms with Crippen LogP contribution in [0.15, 0.2) is 54.7 Å². The molecule has 0 bridgehead atoms. The molecule has 2 aromatic carbocycles. The topological polar surface area (TPSA) is 46.9 Å². The zero-order valence-electron chi connectivity index (χ0n) is 12.3. The predicted octanol–water partition coefficient (Wildman–Crippen LogP) is 4.55. The van der Waals surface area contributed by atoms with Crippen molar-refractivity contribution in [3.63, 3.8) is 0 Å². The van der Waals surface area contributed by atoms with Crippen molar-refractivity contribution in [1.82, 2.24) is 9.78 Å². The number of amides is 1. The molecule has 4 nitrogen and oxygen atoms in total. The van der Waals surface area contributed by atoms with Gasteiger partial charge >= 0.3 is 0 Å². The van der Waals surface area contributed by atoms with Gasteiger partial charge in [-0.3, -0.25) is 9.48 Å². The molecule has 6 heteroatoms. The molecular formula is C17H13I2N3O. The molecule has 0 spiro atoms. The molecule has 0 saturated heterocycles. The zero-order chi connectivity index (χ0) is 16.4. The number of aryl methyl sites for hydroxylation is 1. The van der Waals surface area contributed by atoms with Gasteiger partial charge in [0.2, 0.25) is 0 Å². The molecule has 0 saturated carbocycles. The number of rotatable bonds is 3. The lowest BCUT2D eigenvalue weighted by Gasteiger charge is -2.11. The summed E-state index contributed by atoms with van der Waals surface area (Å²) in [7, 11) is 1.80. The molecule has 23 heavy (non-hydrogen) atoms. The Labute approximate surface area is 161 Å². The Morgan fingerprint density at radius 2 is 1.78 bits per heavy atom. The van der Waals surface area contributed by atoms with Crippen molar-refractivity contribution in [1.29, 1.82) is 0 Å². The maximum Gasteiger partial charge on any atom is 0.259 e. The molecule has 116 valence electrons. The van der Waals surface area contributed by atoms with Crippen LogP contribution in [-0.2, 0) is 7.05 Å². The summed E-state index contributed by atoms with van der Waals surface area (Å²) in [4.78, 5) is 12.5. The van der Waals surface area contributed by atoms with E-state index in [0.717, 1.165) is 16.8 Å². The highest BCUT2D eigenvalue weighted by atomic mass is 127. The molecule has 0 aliphatic carbocycles. The Morgan fingerprint density at radius 1 is 1.09 bits per heavy atom. The van der Waals surface area contributed by atoms with Crippen LogP contribution in [0, 0.1) is 7.27 Å². The van der Waals surface area contributed by atoms with Gasteiger partial charge in [0, 0.05) is 28.1 Å². The van der Waals surface area contributed by atoms with E-state index in [-0.39, 0.29) is 5.91 Å². The van der Waals surface area contributed by atoms with Gasteiger partial charge in [0.15, 0.2) is 0 Å². The standard InChI is InChI=1S/C17H13I2N3O/c1-22-10-14(16(19)21-22)17(23)20-15-5-3-2-4-13(15)11-6-8-12(18)9-7-11/h2-10H,1H3,(H,20,23). The molecule has 0 fully saturated rings. The SMILES string of the molecule is Cn1cc(C(=O)Nc2ccccc2-c2ccc(I)cc2)c(I)n1. The first-order valence-electron chi connectivity index (χ1n) is 6.90. The molecule has 1 heterocycles. The number of nitrogens with zero attached hydrogens (tertiary/aromatic N) is 2. The van der Waals surface area contributed by atoms with E-state index in [0.29, 0.717) is 9.26 Å². The van der Waals surface area contributed by atoms with Crippen molar-refractivity contribution >= 4 is 56.8 Å². The van der Waals surface area contributed by atoms with E-state index >= 15 is 0 Å². The van der Waals surface area contributed by atoms with E-state index < -0.39 is 0 Å². The van der Waals surface area contributed by atoms with Crippen molar-refractivity contribution in [3.05, 3.63) is 67.6 Å². The Bertz CT molecular complexity index is 857. The van der Waals surface area contributed by atoms with Gasteiger partial charge in [0.25, 0.3) is 5.91 Å². The second-order valence-corrected chi connectivity index (χ2v) is 7.28. The number of carbonyl (C=O) groups is 1. The lowest BCUT2D eigenvalue weighted by molar-refractivity contribution is 0.102. The van der Waals surface area contributed by atoms with Crippen LogP contribution >= 0.6 is 45.2 Å². The fraction of sp³-hybridized carbons (Fsp3) is 0.0588. The molecule has 3 rings (SSSR count). The Hall–Kier alpha value is -1.42. The average Bonchev–Trinajstić information content (AvgIpc) is 2.87. The van der Waals surface area contributed by atoms with Gasteiger partial charge in [-0.1, -0.05) is 30.3 Å². The summed E-state index contributed by atoms with van der Waals surface area (Å²) in [6.45, 7) is 0. The largest absolute Gasteiger partial charge is 0.321 e. The summed E-state index contributed by atoms with van der Waals surface area (Å²) < 4.78 is 3.51. The number of carbonyl (C=O) groups excluding carboxylic acids is 1. The van der Waals surface area contributed by atoms with Crippen LogP contribution < -0.4 is 5.32 Å². The number of halogens is 2. The first-order chi connectivity index (χ1) is 11.0. The second-order valence-electron chi connectivity index (χ2n) is 5.01. The fourth-order valence-electron chi connectivity index (χ4n) is 2.28. The van der Waals surface area contributed by atoms with Gasteiger partial charge in [-0.15, -0.1) is 0 Å². The van der Waals surface area contributed by atoms with Gasteiger partial charge in [-0.25, -0.2) is 0 Å². The average molecular weight is 529 g/mol. The Balaban J connectivity index is 1.93. The third-order valence-electron chi connectivity index (χ3n) is 3.36. The highest BCUT2D eigenvalue weighted by molar-refractivity contribution is 14.1. The van der Waals surface area contributed by atoms with E-state index in [4.69, 9.17) is 0 Å². The molecule has 0 unspecified atom stereocenters. The third-order valence-corrected chi connectivity index (χ3v) is 4.87. The summed E-state index contributed by atoms with van der Waals surface area (Å²) in [5.74, 6) is -0.152. The molecule has 3 aromatic rings. The van der Waals surface area contributed by atoms with Crippen molar-refractivity contribution < 1.29 is 4.79 Å². The molecule has 1 aromatic heterocycles. The number of anilines is 1. The minimum absolute atomic E-state index is 0.152. The second kappa shape index (κ2) is 7.00. The molecule has 1 N–H and O–H groups in total. The summed E-state index contributed by atoms with van der Waals surface area (Å²) in [6.07, 6.45) is 1.73. The predicted molar refractivity (Wildman–Crippen MR) is 108 cm³/mol. The number of hydrogen-bond acceptors (Lipinski definition) is 2. The van der Waals surface area contributed by atoms with Crippen LogP contribution in [-0.4, -0.2) is 15.7 Å². The van der Waals surface area contributed by atoms with Crippen molar-refractivity contribution in [2.24, 2.45) is 7.05 Å². The van der Waals surface area contributed by atoms with E-state index in [1.165, 1.54) is 3.57 Å². The molecule has 0 atom stereocenters. The molecular weight excluding hydrogens is 516 g/mol. The smallest absolute Gasteiger partial charge is 0.259 e. The van der Waals surface area contributed by atoms with Gasteiger partial charge in [-0.2, -0.15) is 5.10 Å². The number of hydrogen-bond donors (Lipinski definition) is 1. The minimum atomic E-state index is -0.152. The van der Waals surface area contributed by atoms with Crippen molar-refractivity contribution in [3.8, 4) is 11.1 Å². The number of aromatic nitrogens is 2. The fourth-order valence-corrected chi connectivity index (χ4v) is 3.36. The van der Waals surface area contributed by atoms with Crippen LogP contribution in [0.5, 0.6) is 0 Å². The first-order valence-corrected chi connectivity index (χ1v) is 9.06. The Morgan fingerprint density at radius 3 is 2.43 bits per heavy atom. The quantitative estimate of drug-likeness (QED) is 0.507. The maximum atomic E-state index is 12.5. The van der Waals surface area contributed by atoms with Crippen molar-refractivity contribution in [2.45, 2.75) is 0 Å². The molecule has 0 aliphatic heterocycles. The number of nitrogens with one attached hydrogen (secondary N) is 1. The van der Waals surface area contributed by atoms with Gasteiger partial charge in [0.05, 0.1) is 5.56 Å².